The van der Waals surface area contributed by atoms with E-state index in [9.17, 15) is 4.79 Å². The molecule has 1 aliphatic heterocycles. The number of nitrogens with zero attached hydrogens (tertiary/aromatic N) is 2. The van der Waals surface area contributed by atoms with Crippen molar-refractivity contribution in [1.82, 2.24) is 14.9 Å². The molecule has 0 saturated carbocycles. The molecule has 1 aromatic rings. The highest BCUT2D eigenvalue weighted by Gasteiger charge is 2.27. The van der Waals surface area contributed by atoms with E-state index in [-0.39, 0.29) is 11.9 Å². The smallest absolute Gasteiger partial charge is 0.274 e. The van der Waals surface area contributed by atoms with Gasteiger partial charge in [-0.25, -0.2) is 4.98 Å². The standard InChI is InChI=1S/C9H13N3O/c1-6(2)12-4-3-7-8(9(12)13)11-5-10-7/h5-6H,3-4H2,1-2H3,(H,10,11). The average molecular weight is 179 g/mol. The third kappa shape index (κ3) is 1.22. The van der Waals surface area contributed by atoms with Crippen molar-refractivity contribution in [3.63, 3.8) is 0 Å². The molecule has 1 aliphatic rings. The molecule has 70 valence electrons. The zero-order valence-electron chi connectivity index (χ0n) is 7.87. The maximum atomic E-state index is 11.8. The van der Waals surface area contributed by atoms with Gasteiger partial charge in [0.15, 0.2) is 0 Å². The van der Waals surface area contributed by atoms with Crippen LogP contribution in [0.15, 0.2) is 6.33 Å². The summed E-state index contributed by atoms with van der Waals surface area (Å²) >= 11 is 0. The number of carbonyl (C=O) groups is 1. The van der Waals surface area contributed by atoms with Crippen LogP contribution in [0, 0.1) is 0 Å². The van der Waals surface area contributed by atoms with Crippen LogP contribution in [0.25, 0.3) is 0 Å². The Morgan fingerprint density at radius 3 is 3.08 bits per heavy atom. The number of hydrogen-bond donors (Lipinski definition) is 1. The first-order chi connectivity index (χ1) is 6.20. The van der Waals surface area contributed by atoms with Crippen molar-refractivity contribution in [3.05, 3.63) is 17.7 Å². The normalized spacial score (nSPS) is 16.5. The van der Waals surface area contributed by atoms with Crippen molar-refractivity contribution >= 4 is 5.91 Å². The Morgan fingerprint density at radius 1 is 1.62 bits per heavy atom. The predicted molar refractivity (Wildman–Crippen MR) is 48.5 cm³/mol. The molecule has 0 radical (unpaired) electrons. The number of aromatic amines is 1. The first kappa shape index (κ1) is 8.29. The first-order valence-corrected chi connectivity index (χ1v) is 4.53. The maximum Gasteiger partial charge on any atom is 0.274 e. The summed E-state index contributed by atoms with van der Waals surface area (Å²) < 4.78 is 0. The number of nitrogens with one attached hydrogen (secondary N) is 1. The number of rotatable bonds is 1. The predicted octanol–water partition coefficient (Wildman–Crippen LogP) is 0.816. The summed E-state index contributed by atoms with van der Waals surface area (Å²) in [6.07, 6.45) is 2.48. The van der Waals surface area contributed by atoms with E-state index in [4.69, 9.17) is 0 Å². The van der Waals surface area contributed by atoms with E-state index < -0.39 is 0 Å². The molecule has 1 amide bonds. The summed E-state index contributed by atoms with van der Waals surface area (Å²) in [7, 11) is 0. The molecule has 1 aromatic heterocycles. The zero-order chi connectivity index (χ0) is 9.42. The largest absolute Gasteiger partial charge is 0.348 e. The Balaban J connectivity index is 2.32. The lowest BCUT2D eigenvalue weighted by Gasteiger charge is -2.29. The lowest BCUT2D eigenvalue weighted by Crippen LogP contribution is -2.42. The average Bonchev–Trinajstić information content (AvgIpc) is 2.52. The number of amides is 1. The second-order valence-electron chi connectivity index (χ2n) is 3.57. The second kappa shape index (κ2) is 2.87. The number of carbonyl (C=O) groups excluding carboxylic acids is 1. The number of fused-ring (bicyclic) bond motifs is 1. The molecule has 2 rings (SSSR count). The highest BCUT2D eigenvalue weighted by Crippen LogP contribution is 2.16. The molecule has 4 heteroatoms. The van der Waals surface area contributed by atoms with Crippen molar-refractivity contribution in [2.75, 3.05) is 6.54 Å². The molecule has 0 saturated heterocycles. The van der Waals surface area contributed by atoms with Gasteiger partial charge in [-0.15, -0.1) is 0 Å². The summed E-state index contributed by atoms with van der Waals surface area (Å²) in [4.78, 5) is 20.6. The Labute approximate surface area is 77.0 Å². The van der Waals surface area contributed by atoms with E-state index in [0.717, 1.165) is 18.7 Å². The molecule has 1 N–H and O–H groups in total. The summed E-state index contributed by atoms with van der Waals surface area (Å²) in [6, 6.07) is 0.261. The van der Waals surface area contributed by atoms with Gasteiger partial charge in [0.25, 0.3) is 5.91 Å². The fourth-order valence-electron chi connectivity index (χ4n) is 1.66. The highest BCUT2D eigenvalue weighted by atomic mass is 16.2. The lowest BCUT2D eigenvalue weighted by molar-refractivity contribution is 0.0682. The topological polar surface area (TPSA) is 49.0 Å². The fraction of sp³-hybridized carbons (Fsp3) is 0.556. The molecule has 0 aromatic carbocycles. The monoisotopic (exact) mass is 179 g/mol. The molecular formula is C9H13N3O. The van der Waals surface area contributed by atoms with Gasteiger partial charge in [-0.05, 0) is 13.8 Å². The summed E-state index contributed by atoms with van der Waals surface area (Å²) in [6.45, 7) is 4.84. The first-order valence-electron chi connectivity index (χ1n) is 4.53. The number of aromatic nitrogens is 2. The summed E-state index contributed by atoms with van der Waals surface area (Å²) in [5, 5.41) is 0. The van der Waals surface area contributed by atoms with Crippen molar-refractivity contribution < 1.29 is 4.79 Å². The van der Waals surface area contributed by atoms with Crippen LogP contribution >= 0.6 is 0 Å². The van der Waals surface area contributed by atoms with Crippen LogP contribution in [0.5, 0.6) is 0 Å². The zero-order valence-corrected chi connectivity index (χ0v) is 7.87. The number of H-pyrrole nitrogens is 1. The van der Waals surface area contributed by atoms with Crippen LogP contribution in [0.1, 0.15) is 30.0 Å². The molecule has 0 aliphatic carbocycles. The second-order valence-corrected chi connectivity index (χ2v) is 3.57. The Hall–Kier alpha value is -1.32. The molecule has 13 heavy (non-hydrogen) atoms. The minimum Gasteiger partial charge on any atom is -0.348 e. The SMILES string of the molecule is CC(C)N1CCc2[nH]cnc2C1=O. The van der Waals surface area contributed by atoms with Crippen LogP contribution < -0.4 is 0 Å². The Kier molecular flexibility index (Phi) is 1.83. The van der Waals surface area contributed by atoms with E-state index in [1.54, 1.807) is 6.33 Å². The van der Waals surface area contributed by atoms with E-state index in [1.165, 1.54) is 0 Å². The van der Waals surface area contributed by atoms with Crippen LogP contribution in [0.4, 0.5) is 0 Å². The van der Waals surface area contributed by atoms with Crippen LogP contribution in [-0.2, 0) is 6.42 Å². The molecule has 2 heterocycles. The molecule has 0 fully saturated rings. The Morgan fingerprint density at radius 2 is 2.38 bits per heavy atom. The van der Waals surface area contributed by atoms with Gasteiger partial charge in [0.2, 0.25) is 0 Å². The minimum atomic E-state index is 0.0532. The van der Waals surface area contributed by atoms with Gasteiger partial charge in [-0.2, -0.15) is 0 Å². The molecule has 0 spiro atoms. The highest BCUT2D eigenvalue weighted by molar-refractivity contribution is 5.94. The maximum absolute atomic E-state index is 11.8. The van der Waals surface area contributed by atoms with Crippen molar-refractivity contribution in [2.45, 2.75) is 26.3 Å². The van der Waals surface area contributed by atoms with Crippen molar-refractivity contribution in [3.8, 4) is 0 Å². The van der Waals surface area contributed by atoms with Gasteiger partial charge in [0.05, 0.1) is 6.33 Å². The quantitative estimate of drug-likeness (QED) is 0.693. The van der Waals surface area contributed by atoms with Gasteiger partial charge in [-0.3, -0.25) is 4.79 Å². The Bertz CT molecular complexity index is 329. The van der Waals surface area contributed by atoms with Crippen LogP contribution in [0.3, 0.4) is 0 Å². The molecule has 0 atom stereocenters. The lowest BCUT2D eigenvalue weighted by atomic mass is 10.1. The van der Waals surface area contributed by atoms with Crippen molar-refractivity contribution in [2.24, 2.45) is 0 Å². The van der Waals surface area contributed by atoms with Gasteiger partial charge >= 0.3 is 0 Å². The van der Waals surface area contributed by atoms with Crippen LogP contribution in [-0.4, -0.2) is 33.4 Å². The third-order valence-electron chi connectivity index (χ3n) is 2.41. The van der Waals surface area contributed by atoms with E-state index in [1.807, 2.05) is 18.7 Å². The fourth-order valence-corrected chi connectivity index (χ4v) is 1.66. The van der Waals surface area contributed by atoms with Gasteiger partial charge in [-0.1, -0.05) is 0 Å². The number of imidazole rings is 1. The minimum absolute atomic E-state index is 0.0532. The van der Waals surface area contributed by atoms with Gasteiger partial charge in [0.1, 0.15) is 5.69 Å². The van der Waals surface area contributed by atoms with Gasteiger partial charge < -0.3 is 9.88 Å². The van der Waals surface area contributed by atoms with Gasteiger partial charge in [0, 0.05) is 24.7 Å². The summed E-state index contributed by atoms with van der Waals surface area (Å²) in [5.41, 5.74) is 1.57. The molecule has 4 nitrogen and oxygen atoms in total. The molecule has 0 bridgehead atoms. The molecular weight excluding hydrogens is 166 g/mol. The van der Waals surface area contributed by atoms with Crippen molar-refractivity contribution in [1.29, 1.82) is 0 Å². The third-order valence-corrected chi connectivity index (χ3v) is 2.41. The summed E-state index contributed by atoms with van der Waals surface area (Å²) in [5.74, 6) is 0.0532. The van der Waals surface area contributed by atoms with E-state index in [2.05, 4.69) is 9.97 Å². The molecule has 0 unspecified atom stereocenters. The van der Waals surface area contributed by atoms with E-state index >= 15 is 0 Å². The van der Waals surface area contributed by atoms with Crippen LogP contribution in [0.2, 0.25) is 0 Å². The van der Waals surface area contributed by atoms with E-state index in [0.29, 0.717) is 5.69 Å². The number of hydrogen-bond acceptors (Lipinski definition) is 2.